The minimum absolute atomic E-state index is 0.437. The molecule has 0 aromatic heterocycles. The summed E-state index contributed by atoms with van der Waals surface area (Å²) < 4.78 is 13.3. The molecule has 0 N–H and O–H groups in total. The molecule has 0 unspecified atom stereocenters. The maximum atomic E-state index is 13.3. The molecule has 1 heterocycles. The van der Waals surface area contributed by atoms with Gasteiger partial charge in [-0.05, 0) is 50.6 Å². The molecule has 0 amide bonds. The summed E-state index contributed by atoms with van der Waals surface area (Å²) in [6.07, 6.45) is 6.73. The fraction of sp³-hybridized carbons (Fsp3) is 1.00. The van der Waals surface area contributed by atoms with E-state index in [0.29, 0.717) is 5.41 Å². The zero-order valence-corrected chi connectivity index (χ0v) is 8.19. The number of hydrogen-bond donors (Lipinski definition) is 0. The molecule has 1 aliphatic heterocycles. The second-order valence-electron chi connectivity index (χ2n) is 5.52. The van der Waals surface area contributed by atoms with Gasteiger partial charge >= 0.3 is 0 Å². The van der Waals surface area contributed by atoms with Gasteiger partial charge in [0.25, 0.3) is 0 Å². The molecule has 1 nitrogen and oxygen atoms in total. The summed E-state index contributed by atoms with van der Waals surface area (Å²) in [5.74, 6) is 0. The van der Waals surface area contributed by atoms with E-state index in [4.69, 9.17) is 0 Å². The fourth-order valence-corrected chi connectivity index (χ4v) is 3.62. The Hall–Kier alpha value is -0.110. The first-order valence-corrected chi connectivity index (χ1v) is 5.61. The lowest BCUT2D eigenvalue weighted by molar-refractivity contribution is -0.222. The third-order valence-corrected chi connectivity index (χ3v) is 4.08. The van der Waals surface area contributed by atoms with E-state index in [0.717, 1.165) is 19.3 Å². The van der Waals surface area contributed by atoms with Crippen LogP contribution in [0.5, 0.6) is 0 Å². The highest BCUT2D eigenvalue weighted by atomic mass is 19.1. The van der Waals surface area contributed by atoms with Gasteiger partial charge in [0.1, 0.15) is 5.67 Å². The fourth-order valence-electron chi connectivity index (χ4n) is 3.62. The molecule has 4 aliphatic rings. The molecule has 2 heteroatoms. The van der Waals surface area contributed by atoms with E-state index < -0.39 is 5.67 Å². The van der Waals surface area contributed by atoms with Crippen LogP contribution in [0.15, 0.2) is 0 Å². The van der Waals surface area contributed by atoms with Gasteiger partial charge < -0.3 is 4.90 Å². The normalized spacial score (nSPS) is 49.6. The van der Waals surface area contributed by atoms with Gasteiger partial charge in [-0.2, -0.15) is 0 Å². The van der Waals surface area contributed by atoms with E-state index in [1.54, 1.807) is 0 Å². The van der Waals surface area contributed by atoms with Crippen molar-refractivity contribution in [2.45, 2.75) is 44.2 Å². The number of hydrogen-bond acceptors (Lipinski definition) is 1. The summed E-state index contributed by atoms with van der Waals surface area (Å²) in [4.78, 5) is 2.56. The maximum absolute atomic E-state index is 13.3. The standard InChI is InChI=1S/C11H18FN/c12-11-6-10(7-11,8-11)9-13-4-2-1-3-5-13/h1-9H2. The monoisotopic (exact) mass is 183 g/mol. The highest BCUT2D eigenvalue weighted by molar-refractivity contribution is 5.19. The quantitative estimate of drug-likeness (QED) is 0.635. The third-order valence-electron chi connectivity index (χ3n) is 4.08. The van der Waals surface area contributed by atoms with Gasteiger partial charge in [-0.1, -0.05) is 6.42 Å². The van der Waals surface area contributed by atoms with Gasteiger partial charge in [-0.25, -0.2) is 4.39 Å². The van der Waals surface area contributed by atoms with Crippen LogP contribution in [0.25, 0.3) is 0 Å². The van der Waals surface area contributed by atoms with Crippen molar-refractivity contribution in [2.24, 2.45) is 5.41 Å². The van der Waals surface area contributed by atoms with Crippen LogP contribution in [0.1, 0.15) is 38.5 Å². The van der Waals surface area contributed by atoms with Gasteiger partial charge in [-0.3, -0.25) is 0 Å². The Kier molecular flexibility index (Phi) is 1.56. The van der Waals surface area contributed by atoms with Crippen molar-refractivity contribution in [3.05, 3.63) is 0 Å². The first kappa shape index (κ1) is 8.22. The molecule has 4 rings (SSSR count). The Morgan fingerprint density at radius 2 is 1.62 bits per heavy atom. The largest absolute Gasteiger partial charge is 0.303 e. The minimum atomic E-state index is -0.699. The summed E-state index contributed by atoms with van der Waals surface area (Å²) in [6, 6.07) is 0. The molecule has 4 fully saturated rings. The highest BCUT2D eigenvalue weighted by Gasteiger charge is 2.68. The molecule has 74 valence electrons. The van der Waals surface area contributed by atoms with Gasteiger partial charge in [0.2, 0.25) is 0 Å². The lowest BCUT2D eigenvalue weighted by atomic mass is 9.42. The van der Waals surface area contributed by atoms with E-state index in [9.17, 15) is 4.39 Å². The van der Waals surface area contributed by atoms with Crippen LogP contribution in [-0.2, 0) is 0 Å². The number of piperidine rings is 1. The molecule has 1 saturated heterocycles. The second-order valence-corrected chi connectivity index (χ2v) is 5.52. The van der Waals surface area contributed by atoms with Crippen LogP contribution in [-0.4, -0.2) is 30.2 Å². The zero-order valence-electron chi connectivity index (χ0n) is 8.19. The topological polar surface area (TPSA) is 3.24 Å². The molecule has 2 bridgehead atoms. The number of rotatable bonds is 2. The molecule has 0 atom stereocenters. The summed E-state index contributed by atoms with van der Waals surface area (Å²) in [5.41, 5.74) is -0.262. The SMILES string of the molecule is FC12CC(CN3CCCCC3)(C1)C2. The predicted molar refractivity (Wildman–Crippen MR) is 50.4 cm³/mol. The first-order chi connectivity index (χ1) is 6.20. The number of nitrogens with zero attached hydrogens (tertiary/aromatic N) is 1. The van der Waals surface area contributed by atoms with Gasteiger partial charge in [0.05, 0.1) is 0 Å². The Labute approximate surface area is 79.3 Å². The molecular weight excluding hydrogens is 165 g/mol. The second kappa shape index (κ2) is 2.47. The Balaban J connectivity index is 1.53. The summed E-state index contributed by atoms with van der Waals surface area (Å²) in [5, 5.41) is 0. The lowest BCUT2D eigenvalue weighted by Crippen LogP contribution is -2.68. The number of halogens is 1. The molecule has 0 aromatic carbocycles. The van der Waals surface area contributed by atoms with Crippen molar-refractivity contribution in [3.63, 3.8) is 0 Å². The van der Waals surface area contributed by atoms with Crippen LogP contribution >= 0.6 is 0 Å². The Bertz CT molecular complexity index is 200. The van der Waals surface area contributed by atoms with Crippen molar-refractivity contribution < 1.29 is 4.39 Å². The summed E-state index contributed by atoms with van der Waals surface area (Å²) in [7, 11) is 0. The van der Waals surface area contributed by atoms with E-state index >= 15 is 0 Å². The van der Waals surface area contributed by atoms with Crippen molar-refractivity contribution in [2.75, 3.05) is 19.6 Å². The molecule has 3 aliphatic carbocycles. The van der Waals surface area contributed by atoms with Crippen molar-refractivity contribution in [3.8, 4) is 0 Å². The van der Waals surface area contributed by atoms with E-state index in [1.165, 1.54) is 38.9 Å². The zero-order chi connectivity index (χ0) is 8.94. The molecule has 13 heavy (non-hydrogen) atoms. The molecule has 0 spiro atoms. The van der Waals surface area contributed by atoms with E-state index in [1.807, 2.05) is 0 Å². The van der Waals surface area contributed by atoms with Gasteiger partial charge in [-0.15, -0.1) is 0 Å². The van der Waals surface area contributed by atoms with Crippen molar-refractivity contribution in [1.82, 2.24) is 4.90 Å². The van der Waals surface area contributed by atoms with Crippen molar-refractivity contribution >= 4 is 0 Å². The molecule has 0 aromatic rings. The lowest BCUT2D eigenvalue weighted by Gasteiger charge is -2.67. The minimum Gasteiger partial charge on any atom is -0.303 e. The molecular formula is C11H18FN. The summed E-state index contributed by atoms with van der Waals surface area (Å²) >= 11 is 0. The predicted octanol–water partition coefficient (Wildman–Crippen LogP) is 2.36. The van der Waals surface area contributed by atoms with E-state index in [-0.39, 0.29) is 0 Å². The maximum Gasteiger partial charge on any atom is 0.112 e. The smallest absolute Gasteiger partial charge is 0.112 e. The molecule has 3 saturated carbocycles. The van der Waals surface area contributed by atoms with Crippen LogP contribution in [0.2, 0.25) is 0 Å². The van der Waals surface area contributed by atoms with E-state index in [2.05, 4.69) is 4.90 Å². The van der Waals surface area contributed by atoms with Gasteiger partial charge in [0, 0.05) is 6.54 Å². The Morgan fingerprint density at radius 3 is 2.15 bits per heavy atom. The van der Waals surface area contributed by atoms with Crippen LogP contribution < -0.4 is 0 Å². The van der Waals surface area contributed by atoms with Crippen LogP contribution in [0.4, 0.5) is 4.39 Å². The highest BCUT2D eigenvalue weighted by Crippen LogP contribution is 2.69. The van der Waals surface area contributed by atoms with Crippen LogP contribution in [0.3, 0.4) is 0 Å². The number of alkyl halides is 1. The summed E-state index contributed by atoms with van der Waals surface area (Å²) in [6.45, 7) is 3.72. The third kappa shape index (κ3) is 1.22. The van der Waals surface area contributed by atoms with Gasteiger partial charge in [0.15, 0.2) is 0 Å². The average molecular weight is 183 g/mol. The first-order valence-electron chi connectivity index (χ1n) is 5.61. The molecule has 0 radical (unpaired) electrons. The van der Waals surface area contributed by atoms with Crippen LogP contribution in [0, 0.1) is 5.41 Å². The Morgan fingerprint density at radius 1 is 1.00 bits per heavy atom. The number of likely N-dealkylation sites (tertiary alicyclic amines) is 1. The van der Waals surface area contributed by atoms with Crippen molar-refractivity contribution in [1.29, 1.82) is 0 Å². The average Bonchev–Trinajstić information content (AvgIpc) is 2.02.